The number of aliphatic carboxylic acids is 1. The molecule has 1 heterocycles. The smallest absolute Gasteiger partial charge is 0.328 e. The molecule has 2 rings (SSSR count). The third-order valence-electron chi connectivity index (χ3n) is 3.29. The van der Waals surface area contributed by atoms with Gasteiger partial charge in [0.25, 0.3) is 5.91 Å². The second-order valence-electron chi connectivity index (χ2n) is 4.75. The van der Waals surface area contributed by atoms with Gasteiger partial charge in [-0.25, -0.2) is 4.79 Å². The molecular formula is C14H17NO4. The van der Waals surface area contributed by atoms with E-state index in [9.17, 15) is 9.59 Å². The first-order chi connectivity index (χ1) is 9.00. The Morgan fingerprint density at radius 2 is 2.11 bits per heavy atom. The zero-order chi connectivity index (χ0) is 14.0. The molecule has 5 heteroatoms. The van der Waals surface area contributed by atoms with E-state index in [-0.39, 0.29) is 12.5 Å². The Morgan fingerprint density at radius 1 is 1.37 bits per heavy atom. The van der Waals surface area contributed by atoms with Crippen LogP contribution in [0.25, 0.3) is 0 Å². The minimum atomic E-state index is -1.03. The Balaban J connectivity index is 2.28. The number of nitrogens with zero attached hydrogens (tertiary/aromatic N) is 1. The maximum absolute atomic E-state index is 12.5. The highest BCUT2D eigenvalue weighted by Gasteiger charge is 2.33. The number of carbonyl (C=O) groups is 2. The minimum Gasteiger partial charge on any atom is -0.480 e. The number of carboxylic acid groups (broad SMARTS) is 1. The number of carboxylic acids is 1. The van der Waals surface area contributed by atoms with E-state index in [2.05, 4.69) is 0 Å². The van der Waals surface area contributed by atoms with Crippen molar-refractivity contribution in [2.45, 2.75) is 19.9 Å². The van der Waals surface area contributed by atoms with Gasteiger partial charge in [-0.05, 0) is 25.5 Å². The van der Waals surface area contributed by atoms with Crippen LogP contribution in [0.2, 0.25) is 0 Å². The third-order valence-corrected chi connectivity index (χ3v) is 3.29. The molecule has 0 spiro atoms. The topological polar surface area (TPSA) is 66.8 Å². The molecular weight excluding hydrogens is 246 g/mol. The molecule has 0 bridgehead atoms. The SMILES string of the molecule is Cc1ccc(C(=O)N2CCOCC2C(=O)O)c(C)c1. The monoisotopic (exact) mass is 263 g/mol. The fraction of sp³-hybridized carbons (Fsp3) is 0.429. The molecule has 102 valence electrons. The number of morpholine rings is 1. The standard InChI is InChI=1S/C14H17NO4/c1-9-3-4-11(10(2)7-9)13(16)15-5-6-19-8-12(15)14(17)18/h3-4,7,12H,5-6,8H2,1-2H3,(H,17,18). The molecule has 1 fully saturated rings. The molecule has 1 aromatic rings. The van der Waals surface area contributed by atoms with E-state index in [0.29, 0.717) is 18.7 Å². The summed E-state index contributed by atoms with van der Waals surface area (Å²) in [6.07, 6.45) is 0. The van der Waals surface area contributed by atoms with Crippen molar-refractivity contribution < 1.29 is 19.4 Å². The van der Waals surface area contributed by atoms with Crippen LogP contribution in [-0.4, -0.2) is 47.7 Å². The molecule has 1 saturated heterocycles. The van der Waals surface area contributed by atoms with E-state index >= 15 is 0 Å². The fourth-order valence-electron chi connectivity index (χ4n) is 2.26. The Kier molecular flexibility index (Phi) is 3.85. The maximum atomic E-state index is 12.5. The normalized spacial score (nSPS) is 19.3. The van der Waals surface area contributed by atoms with E-state index in [4.69, 9.17) is 9.84 Å². The summed E-state index contributed by atoms with van der Waals surface area (Å²) in [7, 11) is 0. The zero-order valence-electron chi connectivity index (χ0n) is 11.0. The highest BCUT2D eigenvalue weighted by atomic mass is 16.5. The van der Waals surface area contributed by atoms with Crippen LogP contribution in [0.4, 0.5) is 0 Å². The number of hydrogen-bond acceptors (Lipinski definition) is 3. The van der Waals surface area contributed by atoms with Gasteiger partial charge in [-0.2, -0.15) is 0 Å². The van der Waals surface area contributed by atoms with Crippen molar-refractivity contribution >= 4 is 11.9 Å². The molecule has 1 aliphatic rings. The lowest BCUT2D eigenvalue weighted by Gasteiger charge is -2.33. The minimum absolute atomic E-state index is 0.0476. The summed E-state index contributed by atoms with van der Waals surface area (Å²) >= 11 is 0. The lowest BCUT2D eigenvalue weighted by Crippen LogP contribution is -2.52. The summed E-state index contributed by atoms with van der Waals surface area (Å²) in [5.74, 6) is -1.27. The van der Waals surface area contributed by atoms with Crippen LogP contribution in [0.5, 0.6) is 0 Å². The Labute approximate surface area is 111 Å². The van der Waals surface area contributed by atoms with E-state index < -0.39 is 12.0 Å². The first kappa shape index (κ1) is 13.5. The Morgan fingerprint density at radius 3 is 2.74 bits per heavy atom. The van der Waals surface area contributed by atoms with Crippen LogP contribution in [0.3, 0.4) is 0 Å². The lowest BCUT2D eigenvalue weighted by atomic mass is 10.0. The fourth-order valence-corrected chi connectivity index (χ4v) is 2.26. The van der Waals surface area contributed by atoms with Crippen molar-refractivity contribution in [2.24, 2.45) is 0 Å². The molecule has 0 aromatic heterocycles. The summed E-state index contributed by atoms with van der Waals surface area (Å²) in [5, 5.41) is 9.14. The number of hydrogen-bond donors (Lipinski definition) is 1. The number of ether oxygens (including phenoxy) is 1. The van der Waals surface area contributed by atoms with Crippen LogP contribution >= 0.6 is 0 Å². The Hall–Kier alpha value is -1.88. The van der Waals surface area contributed by atoms with Crippen molar-refractivity contribution in [3.63, 3.8) is 0 Å². The molecule has 1 N–H and O–H groups in total. The van der Waals surface area contributed by atoms with Crippen molar-refractivity contribution in [1.29, 1.82) is 0 Å². The summed E-state index contributed by atoms with van der Waals surface area (Å²) in [6, 6.07) is 4.63. The molecule has 1 aromatic carbocycles. The van der Waals surface area contributed by atoms with Gasteiger partial charge in [-0.15, -0.1) is 0 Å². The predicted octanol–water partition coefficient (Wildman–Crippen LogP) is 1.23. The van der Waals surface area contributed by atoms with Gasteiger partial charge >= 0.3 is 5.97 Å². The largest absolute Gasteiger partial charge is 0.480 e. The van der Waals surface area contributed by atoms with Gasteiger partial charge in [0, 0.05) is 12.1 Å². The van der Waals surface area contributed by atoms with Crippen LogP contribution in [-0.2, 0) is 9.53 Å². The van der Waals surface area contributed by atoms with Gasteiger partial charge in [0.2, 0.25) is 0 Å². The number of amides is 1. The van der Waals surface area contributed by atoms with Gasteiger partial charge < -0.3 is 14.7 Å². The van der Waals surface area contributed by atoms with E-state index in [1.54, 1.807) is 6.07 Å². The summed E-state index contributed by atoms with van der Waals surface area (Å²) in [5.41, 5.74) is 2.49. The summed E-state index contributed by atoms with van der Waals surface area (Å²) < 4.78 is 5.13. The highest BCUT2D eigenvalue weighted by molar-refractivity contribution is 5.98. The van der Waals surface area contributed by atoms with Gasteiger partial charge in [0.15, 0.2) is 6.04 Å². The number of aryl methyl sites for hydroxylation is 2. The first-order valence-corrected chi connectivity index (χ1v) is 6.19. The van der Waals surface area contributed by atoms with Crippen molar-refractivity contribution in [1.82, 2.24) is 4.90 Å². The predicted molar refractivity (Wildman–Crippen MR) is 69.2 cm³/mol. The van der Waals surface area contributed by atoms with Crippen LogP contribution < -0.4 is 0 Å². The van der Waals surface area contributed by atoms with Crippen molar-refractivity contribution in [3.8, 4) is 0 Å². The average Bonchev–Trinajstić information content (AvgIpc) is 2.38. The third kappa shape index (κ3) is 2.76. The van der Waals surface area contributed by atoms with Gasteiger partial charge in [-0.3, -0.25) is 4.79 Å². The number of rotatable bonds is 2. The molecule has 1 aliphatic heterocycles. The molecule has 5 nitrogen and oxygen atoms in total. The zero-order valence-corrected chi connectivity index (χ0v) is 11.0. The maximum Gasteiger partial charge on any atom is 0.328 e. The summed E-state index contributed by atoms with van der Waals surface area (Å²) in [4.78, 5) is 25.0. The number of carbonyl (C=O) groups excluding carboxylic acids is 1. The van der Waals surface area contributed by atoms with E-state index in [1.165, 1.54) is 4.90 Å². The van der Waals surface area contributed by atoms with E-state index in [1.807, 2.05) is 26.0 Å². The van der Waals surface area contributed by atoms with Crippen LogP contribution in [0.1, 0.15) is 21.5 Å². The molecule has 0 aliphatic carbocycles. The van der Waals surface area contributed by atoms with Crippen molar-refractivity contribution in [3.05, 3.63) is 34.9 Å². The molecule has 1 amide bonds. The van der Waals surface area contributed by atoms with E-state index in [0.717, 1.165) is 11.1 Å². The second-order valence-corrected chi connectivity index (χ2v) is 4.75. The molecule has 1 unspecified atom stereocenters. The first-order valence-electron chi connectivity index (χ1n) is 6.19. The average molecular weight is 263 g/mol. The Bertz CT molecular complexity index is 512. The number of benzene rings is 1. The molecule has 0 radical (unpaired) electrons. The quantitative estimate of drug-likeness (QED) is 0.871. The van der Waals surface area contributed by atoms with Gasteiger partial charge in [0.05, 0.1) is 13.2 Å². The van der Waals surface area contributed by atoms with Gasteiger partial charge in [-0.1, -0.05) is 17.7 Å². The van der Waals surface area contributed by atoms with Crippen LogP contribution in [0.15, 0.2) is 18.2 Å². The highest BCUT2D eigenvalue weighted by Crippen LogP contribution is 2.17. The molecule has 19 heavy (non-hydrogen) atoms. The lowest BCUT2D eigenvalue weighted by molar-refractivity contribution is -0.147. The second kappa shape index (κ2) is 5.40. The molecule has 0 saturated carbocycles. The van der Waals surface area contributed by atoms with Crippen LogP contribution in [0, 0.1) is 13.8 Å². The van der Waals surface area contributed by atoms with Gasteiger partial charge in [0.1, 0.15) is 0 Å². The molecule has 1 atom stereocenters. The summed E-state index contributed by atoms with van der Waals surface area (Å²) in [6.45, 7) is 4.54. The van der Waals surface area contributed by atoms with Crippen molar-refractivity contribution in [2.75, 3.05) is 19.8 Å².